The van der Waals surface area contributed by atoms with Gasteiger partial charge in [0.25, 0.3) is 0 Å². The zero-order valence-electron chi connectivity index (χ0n) is 12.3. The molecule has 0 bridgehead atoms. The fourth-order valence-electron chi connectivity index (χ4n) is 2.81. The lowest BCUT2D eigenvalue weighted by atomic mass is 10.2. The van der Waals surface area contributed by atoms with E-state index in [-0.39, 0.29) is 29.4 Å². The van der Waals surface area contributed by atoms with E-state index in [4.69, 9.17) is 4.74 Å². The fraction of sp³-hybridized carbons (Fsp3) is 1.00. The first-order chi connectivity index (χ1) is 9.86. The number of hydrogen-bond donors (Lipinski definition) is 1. The van der Waals surface area contributed by atoms with E-state index < -0.39 is 19.7 Å². The van der Waals surface area contributed by atoms with Crippen LogP contribution in [0.25, 0.3) is 0 Å². The second-order valence-corrected chi connectivity index (χ2v) is 10.5. The first kappa shape index (κ1) is 17.2. The molecular formula is C13H25NO5S2. The highest BCUT2D eigenvalue weighted by atomic mass is 32.2. The standard InChI is InChI=1S/C13H25NO5S2/c15-20(16)8-4-12(10-20)14-6-2-1-3-7-19-13-5-9-21(17,18)11-13/h12-14H,1-11H2/t12-,13+/m0/s1. The molecule has 0 aromatic rings. The fourth-order valence-corrected chi connectivity index (χ4v) is 6.13. The van der Waals surface area contributed by atoms with E-state index in [0.29, 0.717) is 18.8 Å². The van der Waals surface area contributed by atoms with Gasteiger partial charge in [-0.3, -0.25) is 0 Å². The van der Waals surface area contributed by atoms with Crippen LogP contribution in [0.1, 0.15) is 32.1 Å². The Hall–Kier alpha value is -0.180. The third kappa shape index (κ3) is 6.22. The van der Waals surface area contributed by atoms with Crippen LogP contribution in [-0.4, -0.2) is 65.1 Å². The summed E-state index contributed by atoms with van der Waals surface area (Å²) in [4.78, 5) is 0. The average Bonchev–Trinajstić information content (AvgIpc) is 2.90. The minimum absolute atomic E-state index is 0.114. The smallest absolute Gasteiger partial charge is 0.152 e. The van der Waals surface area contributed by atoms with E-state index in [1.165, 1.54) is 0 Å². The summed E-state index contributed by atoms with van der Waals surface area (Å²) in [6.45, 7) is 1.44. The molecule has 2 rings (SSSR count). The van der Waals surface area contributed by atoms with Gasteiger partial charge in [-0.15, -0.1) is 0 Å². The van der Waals surface area contributed by atoms with Crippen LogP contribution in [0.4, 0.5) is 0 Å². The first-order valence-electron chi connectivity index (χ1n) is 7.62. The summed E-state index contributed by atoms with van der Waals surface area (Å²) in [5, 5.41) is 3.28. The Morgan fingerprint density at radius 2 is 1.62 bits per heavy atom. The number of ether oxygens (including phenoxy) is 1. The molecule has 0 unspecified atom stereocenters. The highest BCUT2D eigenvalue weighted by Gasteiger charge is 2.28. The predicted molar refractivity (Wildman–Crippen MR) is 81.9 cm³/mol. The molecule has 0 saturated carbocycles. The Balaban J connectivity index is 1.44. The Kier molecular flexibility index (Phi) is 6.05. The number of nitrogens with one attached hydrogen (secondary N) is 1. The summed E-state index contributed by atoms with van der Waals surface area (Å²) in [6.07, 6.45) is 4.15. The van der Waals surface area contributed by atoms with Crippen molar-refractivity contribution in [3.63, 3.8) is 0 Å². The Bertz CT molecular complexity index is 481. The molecule has 124 valence electrons. The molecule has 2 fully saturated rings. The van der Waals surface area contributed by atoms with Gasteiger partial charge < -0.3 is 10.1 Å². The minimum Gasteiger partial charge on any atom is -0.377 e. The number of sulfone groups is 2. The van der Waals surface area contributed by atoms with Crippen molar-refractivity contribution < 1.29 is 21.6 Å². The van der Waals surface area contributed by atoms with Crippen LogP contribution in [0.15, 0.2) is 0 Å². The van der Waals surface area contributed by atoms with Crippen LogP contribution < -0.4 is 5.32 Å². The molecule has 2 saturated heterocycles. The highest BCUT2D eigenvalue weighted by Crippen LogP contribution is 2.15. The normalized spacial score (nSPS) is 30.7. The molecule has 2 atom stereocenters. The van der Waals surface area contributed by atoms with Crippen molar-refractivity contribution in [2.24, 2.45) is 0 Å². The number of unbranched alkanes of at least 4 members (excludes halogenated alkanes) is 2. The van der Waals surface area contributed by atoms with Crippen molar-refractivity contribution >= 4 is 19.7 Å². The summed E-state index contributed by atoms with van der Waals surface area (Å²) >= 11 is 0. The third-order valence-electron chi connectivity index (χ3n) is 4.03. The molecule has 8 heteroatoms. The summed E-state index contributed by atoms with van der Waals surface area (Å²) in [5.41, 5.74) is 0. The van der Waals surface area contributed by atoms with Gasteiger partial charge in [0.1, 0.15) is 0 Å². The van der Waals surface area contributed by atoms with Crippen molar-refractivity contribution in [1.82, 2.24) is 5.32 Å². The van der Waals surface area contributed by atoms with Gasteiger partial charge in [0.05, 0.1) is 29.1 Å². The van der Waals surface area contributed by atoms with Gasteiger partial charge >= 0.3 is 0 Å². The van der Waals surface area contributed by atoms with E-state index >= 15 is 0 Å². The van der Waals surface area contributed by atoms with Crippen LogP contribution in [-0.2, 0) is 24.4 Å². The van der Waals surface area contributed by atoms with Crippen LogP contribution in [0.5, 0.6) is 0 Å². The Morgan fingerprint density at radius 1 is 0.905 bits per heavy atom. The van der Waals surface area contributed by atoms with Crippen LogP contribution in [0.2, 0.25) is 0 Å². The van der Waals surface area contributed by atoms with Gasteiger partial charge in [-0.2, -0.15) is 0 Å². The maximum absolute atomic E-state index is 11.3. The summed E-state index contributed by atoms with van der Waals surface area (Å²) in [6, 6.07) is 0.120. The zero-order chi connectivity index (χ0) is 15.3. The lowest BCUT2D eigenvalue weighted by Gasteiger charge is -2.11. The summed E-state index contributed by atoms with van der Waals surface area (Å²) in [7, 11) is -5.65. The molecule has 2 aliphatic rings. The van der Waals surface area contributed by atoms with E-state index in [9.17, 15) is 16.8 Å². The molecule has 0 aliphatic carbocycles. The molecular weight excluding hydrogens is 314 g/mol. The molecule has 6 nitrogen and oxygen atoms in total. The molecule has 2 aliphatic heterocycles. The van der Waals surface area contributed by atoms with Gasteiger partial charge in [-0.25, -0.2) is 16.8 Å². The highest BCUT2D eigenvalue weighted by molar-refractivity contribution is 7.91. The second-order valence-electron chi connectivity index (χ2n) is 6.01. The minimum atomic E-state index is -2.85. The average molecular weight is 339 g/mol. The van der Waals surface area contributed by atoms with Gasteiger partial charge in [0.15, 0.2) is 19.7 Å². The number of hydrogen-bond acceptors (Lipinski definition) is 6. The molecule has 0 aromatic heterocycles. The topological polar surface area (TPSA) is 89.5 Å². The van der Waals surface area contributed by atoms with Gasteiger partial charge in [-0.05, 0) is 38.6 Å². The van der Waals surface area contributed by atoms with Crippen molar-refractivity contribution in [2.45, 2.75) is 44.2 Å². The Labute approximate surface area is 127 Å². The van der Waals surface area contributed by atoms with Crippen LogP contribution in [0.3, 0.4) is 0 Å². The molecule has 2 heterocycles. The molecule has 0 amide bonds. The number of rotatable bonds is 8. The van der Waals surface area contributed by atoms with E-state index in [1.807, 2.05) is 0 Å². The molecule has 1 N–H and O–H groups in total. The first-order valence-corrected chi connectivity index (χ1v) is 11.3. The largest absolute Gasteiger partial charge is 0.377 e. The van der Waals surface area contributed by atoms with Gasteiger partial charge in [-0.1, -0.05) is 0 Å². The van der Waals surface area contributed by atoms with Gasteiger partial charge in [0.2, 0.25) is 0 Å². The lowest BCUT2D eigenvalue weighted by molar-refractivity contribution is 0.0680. The van der Waals surface area contributed by atoms with Crippen molar-refractivity contribution in [2.75, 3.05) is 36.2 Å². The zero-order valence-corrected chi connectivity index (χ0v) is 13.9. The molecule has 21 heavy (non-hydrogen) atoms. The van der Waals surface area contributed by atoms with Gasteiger partial charge in [0, 0.05) is 12.6 Å². The quantitative estimate of drug-likeness (QED) is 0.633. The lowest BCUT2D eigenvalue weighted by Crippen LogP contribution is -2.30. The Morgan fingerprint density at radius 3 is 2.24 bits per heavy atom. The van der Waals surface area contributed by atoms with E-state index in [1.54, 1.807) is 0 Å². The van der Waals surface area contributed by atoms with E-state index in [2.05, 4.69) is 5.32 Å². The maximum atomic E-state index is 11.3. The predicted octanol–water partition coefficient (Wildman–Crippen LogP) is 0.137. The van der Waals surface area contributed by atoms with E-state index in [0.717, 1.165) is 32.2 Å². The summed E-state index contributed by atoms with van der Waals surface area (Å²) < 4.78 is 50.7. The maximum Gasteiger partial charge on any atom is 0.152 e. The third-order valence-corrected chi connectivity index (χ3v) is 7.54. The molecule has 0 spiro atoms. The van der Waals surface area contributed by atoms with Crippen molar-refractivity contribution in [1.29, 1.82) is 0 Å². The SMILES string of the molecule is O=S1(=O)CC[C@H](NCCCCCO[C@@H]2CCS(=O)(=O)C2)C1. The van der Waals surface area contributed by atoms with Crippen LogP contribution >= 0.6 is 0 Å². The monoisotopic (exact) mass is 339 g/mol. The second kappa shape index (κ2) is 7.39. The molecule has 0 radical (unpaired) electrons. The van der Waals surface area contributed by atoms with Crippen molar-refractivity contribution in [3.8, 4) is 0 Å². The molecule has 0 aromatic carbocycles. The van der Waals surface area contributed by atoms with Crippen LogP contribution in [0, 0.1) is 0 Å². The van der Waals surface area contributed by atoms with Crippen molar-refractivity contribution in [3.05, 3.63) is 0 Å². The summed E-state index contributed by atoms with van der Waals surface area (Å²) in [5.74, 6) is 1.01.